The third-order valence-electron chi connectivity index (χ3n) is 4.54. The molecule has 2 fully saturated rings. The van der Waals surface area contributed by atoms with Gasteiger partial charge in [-0.3, -0.25) is 14.6 Å². The molecular formula is C17H20N2O2. The lowest BCUT2D eigenvalue weighted by atomic mass is 10.2. The lowest BCUT2D eigenvalue weighted by molar-refractivity contribution is 0.0821. The molecule has 0 unspecified atom stereocenters. The zero-order valence-electron chi connectivity index (χ0n) is 12.1. The monoisotopic (exact) mass is 284 g/mol. The summed E-state index contributed by atoms with van der Waals surface area (Å²) < 4.78 is 5.65. The van der Waals surface area contributed by atoms with Gasteiger partial charge in [0, 0.05) is 37.6 Å². The minimum absolute atomic E-state index is 0.0890. The van der Waals surface area contributed by atoms with Gasteiger partial charge in [-0.15, -0.1) is 0 Å². The fourth-order valence-electron chi connectivity index (χ4n) is 3.13. The van der Waals surface area contributed by atoms with Gasteiger partial charge in [-0.05, 0) is 25.0 Å². The van der Waals surface area contributed by atoms with E-state index in [1.165, 1.54) is 12.8 Å². The van der Waals surface area contributed by atoms with Crippen LogP contribution >= 0.6 is 0 Å². The number of fused-ring (bicyclic) bond motifs is 1. The number of hydrogen-bond acceptors (Lipinski definition) is 4. The zero-order chi connectivity index (χ0) is 14.2. The number of para-hydroxylation sites is 1. The van der Waals surface area contributed by atoms with Crippen LogP contribution in [0, 0.1) is 0 Å². The molecule has 1 saturated heterocycles. The maximum absolute atomic E-state index is 12.4. The lowest BCUT2D eigenvalue weighted by Crippen LogP contribution is -2.48. The SMILES string of the molecule is O=C(CN1CCN(C2CC2)CC1)c1cc2ccccc2o1. The van der Waals surface area contributed by atoms with Crippen molar-refractivity contribution in [2.24, 2.45) is 0 Å². The van der Waals surface area contributed by atoms with Crippen molar-refractivity contribution < 1.29 is 9.21 Å². The molecule has 1 aliphatic carbocycles. The first-order chi connectivity index (χ1) is 10.3. The van der Waals surface area contributed by atoms with E-state index >= 15 is 0 Å². The van der Waals surface area contributed by atoms with Crippen LogP contribution in [0.3, 0.4) is 0 Å². The standard InChI is InChI=1S/C17H20N2O2/c20-15(17-11-13-3-1-2-4-16(13)21-17)12-18-7-9-19(10-8-18)14-5-6-14/h1-4,11,14H,5-10,12H2. The van der Waals surface area contributed by atoms with E-state index in [4.69, 9.17) is 4.42 Å². The van der Waals surface area contributed by atoms with Gasteiger partial charge in [-0.1, -0.05) is 18.2 Å². The second-order valence-corrected chi connectivity index (χ2v) is 6.11. The third kappa shape index (κ3) is 2.74. The van der Waals surface area contributed by atoms with Crippen molar-refractivity contribution in [3.05, 3.63) is 36.1 Å². The molecule has 1 aliphatic heterocycles. The molecule has 21 heavy (non-hydrogen) atoms. The Hall–Kier alpha value is -1.65. The summed E-state index contributed by atoms with van der Waals surface area (Å²) in [6.07, 6.45) is 2.72. The number of hydrogen-bond donors (Lipinski definition) is 0. The Kier molecular flexibility index (Phi) is 3.28. The topological polar surface area (TPSA) is 36.7 Å². The average molecular weight is 284 g/mol. The number of rotatable bonds is 4. The van der Waals surface area contributed by atoms with Crippen LogP contribution < -0.4 is 0 Å². The highest BCUT2D eigenvalue weighted by Gasteiger charge is 2.31. The summed E-state index contributed by atoms with van der Waals surface area (Å²) in [7, 11) is 0. The van der Waals surface area contributed by atoms with Crippen LogP contribution in [-0.4, -0.2) is 54.3 Å². The van der Waals surface area contributed by atoms with Crippen molar-refractivity contribution in [2.75, 3.05) is 32.7 Å². The highest BCUT2D eigenvalue weighted by Crippen LogP contribution is 2.27. The van der Waals surface area contributed by atoms with Crippen LogP contribution in [0.25, 0.3) is 11.0 Å². The second-order valence-electron chi connectivity index (χ2n) is 6.11. The van der Waals surface area contributed by atoms with Crippen LogP contribution in [0.1, 0.15) is 23.4 Å². The van der Waals surface area contributed by atoms with Crippen molar-refractivity contribution in [1.82, 2.24) is 9.80 Å². The summed E-state index contributed by atoms with van der Waals surface area (Å²) in [6.45, 7) is 4.64. The molecule has 0 N–H and O–H groups in total. The summed E-state index contributed by atoms with van der Waals surface area (Å²) in [5, 5.41) is 0.999. The molecule has 110 valence electrons. The lowest BCUT2D eigenvalue weighted by Gasteiger charge is -2.34. The maximum Gasteiger partial charge on any atom is 0.211 e. The van der Waals surface area contributed by atoms with Crippen LogP contribution in [0.2, 0.25) is 0 Å². The smallest absolute Gasteiger partial charge is 0.211 e. The highest BCUT2D eigenvalue weighted by molar-refractivity contribution is 5.98. The van der Waals surface area contributed by atoms with E-state index in [1.807, 2.05) is 30.3 Å². The summed E-state index contributed by atoms with van der Waals surface area (Å²) >= 11 is 0. The minimum Gasteiger partial charge on any atom is -0.453 e. The summed E-state index contributed by atoms with van der Waals surface area (Å²) in [5.41, 5.74) is 0.791. The summed E-state index contributed by atoms with van der Waals surface area (Å²) in [4.78, 5) is 17.2. The van der Waals surface area contributed by atoms with Gasteiger partial charge in [-0.2, -0.15) is 0 Å². The summed E-state index contributed by atoms with van der Waals surface area (Å²) in [5.74, 6) is 0.576. The van der Waals surface area contributed by atoms with Gasteiger partial charge < -0.3 is 4.42 Å². The van der Waals surface area contributed by atoms with E-state index in [2.05, 4.69) is 9.80 Å². The number of carbonyl (C=O) groups excluding carboxylic acids is 1. The molecule has 2 aromatic rings. The minimum atomic E-state index is 0.0890. The Balaban J connectivity index is 1.39. The normalized spacial score (nSPS) is 21.0. The average Bonchev–Trinajstić information content (AvgIpc) is 3.26. The Bertz CT molecular complexity index is 619. The molecule has 4 heteroatoms. The molecule has 0 radical (unpaired) electrons. The fraction of sp³-hybridized carbons (Fsp3) is 0.471. The number of nitrogens with zero attached hydrogens (tertiary/aromatic N) is 2. The van der Waals surface area contributed by atoms with Gasteiger partial charge in [0.2, 0.25) is 5.78 Å². The molecule has 0 atom stereocenters. The van der Waals surface area contributed by atoms with Gasteiger partial charge in [-0.25, -0.2) is 0 Å². The Morgan fingerprint density at radius 1 is 1.14 bits per heavy atom. The van der Waals surface area contributed by atoms with Gasteiger partial charge >= 0.3 is 0 Å². The predicted octanol–water partition coefficient (Wildman–Crippen LogP) is 2.40. The summed E-state index contributed by atoms with van der Waals surface area (Å²) in [6, 6.07) is 10.5. The van der Waals surface area contributed by atoms with Gasteiger partial charge in [0.1, 0.15) is 5.58 Å². The molecule has 0 amide bonds. The first-order valence-corrected chi connectivity index (χ1v) is 7.78. The molecule has 1 saturated carbocycles. The van der Waals surface area contributed by atoms with E-state index in [0.717, 1.165) is 43.2 Å². The van der Waals surface area contributed by atoms with Crippen LogP contribution in [0.5, 0.6) is 0 Å². The Morgan fingerprint density at radius 3 is 2.62 bits per heavy atom. The van der Waals surface area contributed by atoms with E-state index in [-0.39, 0.29) is 5.78 Å². The first kappa shape index (κ1) is 13.0. The Labute approximate surface area is 124 Å². The number of Topliss-reactive ketones (excluding diaryl/α,β-unsaturated/α-hetero) is 1. The van der Waals surface area contributed by atoms with Gasteiger partial charge in [0.15, 0.2) is 5.76 Å². The molecule has 0 bridgehead atoms. The van der Waals surface area contributed by atoms with Crippen LogP contribution in [-0.2, 0) is 0 Å². The second kappa shape index (κ2) is 5.28. The first-order valence-electron chi connectivity index (χ1n) is 7.78. The largest absolute Gasteiger partial charge is 0.453 e. The van der Waals surface area contributed by atoms with Crippen molar-refractivity contribution in [3.63, 3.8) is 0 Å². The quantitative estimate of drug-likeness (QED) is 0.808. The van der Waals surface area contributed by atoms with Crippen molar-refractivity contribution in [3.8, 4) is 0 Å². The van der Waals surface area contributed by atoms with Gasteiger partial charge in [0.25, 0.3) is 0 Å². The number of carbonyl (C=O) groups is 1. The molecular weight excluding hydrogens is 264 g/mol. The molecule has 2 heterocycles. The van der Waals surface area contributed by atoms with E-state index in [0.29, 0.717) is 12.3 Å². The molecule has 4 nitrogen and oxygen atoms in total. The maximum atomic E-state index is 12.4. The third-order valence-corrected chi connectivity index (χ3v) is 4.54. The van der Waals surface area contributed by atoms with E-state index < -0.39 is 0 Å². The van der Waals surface area contributed by atoms with Crippen molar-refractivity contribution >= 4 is 16.8 Å². The predicted molar refractivity (Wildman–Crippen MR) is 81.6 cm³/mol. The molecule has 1 aromatic heterocycles. The number of furan rings is 1. The highest BCUT2D eigenvalue weighted by atomic mass is 16.3. The number of ketones is 1. The molecule has 2 aliphatic rings. The van der Waals surface area contributed by atoms with Crippen LogP contribution in [0.15, 0.2) is 34.7 Å². The van der Waals surface area contributed by atoms with Crippen molar-refractivity contribution in [1.29, 1.82) is 0 Å². The number of benzene rings is 1. The fourth-order valence-corrected chi connectivity index (χ4v) is 3.13. The molecule has 0 spiro atoms. The Morgan fingerprint density at radius 2 is 1.90 bits per heavy atom. The molecule has 4 rings (SSSR count). The van der Waals surface area contributed by atoms with E-state index in [9.17, 15) is 4.79 Å². The number of piperazine rings is 1. The zero-order valence-corrected chi connectivity index (χ0v) is 12.1. The van der Waals surface area contributed by atoms with Crippen LogP contribution in [0.4, 0.5) is 0 Å². The molecule has 1 aromatic carbocycles. The van der Waals surface area contributed by atoms with Gasteiger partial charge in [0.05, 0.1) is 6.54 Å². The van der Waals surface area contributed by atoms with Crippen molar-refractivity contribution in [2.45, 2.75) is 18.9 Å². The van der Waals surface area contributed by atoms with E-state index in [1.54, 1.807) is 0 Å².